The summed E-state index contributed by atoms with van der Waals surface area (Å²) < 4.78 is 4.86. The molecule has 0 spiro atoms. The maximum Gasteiger partial charge on any atom is 0.535 e. The first-order valence-electron chi connectivity index (χ1n) is 4.99. The molecule has 1 atom stereocenters. The Labute approximate surface area is 94.4 Å². The van der Waals surface area contributed by atoms with Crippen LogP contribution in [0.25, 0.3) is 0 Å². The lowest BCUT2D eigenvalue weighted by Gasteiger charge is -2.49. The van der Waals surface area contributed by atoms with Crippen molar-refractivity contribution in [1.82, 2.24) is 0 Å². The molecule has 0 radical (unpaired) electrons. The van der Waals surface area contributed by atoms with Gasteiger partial charge >= 0.3 is 6.16 Å². The van der Waals surface area contributed by atoms with E-state index in [-0.39, 0.29) is 6.61 Å². The largest absolute Gasteiger partial charge is 0.535 e. The number of hydrogen-bond acceptors (Lipinski definition) is 6. The second-order valence-electron chi connectivity index (χ2n) is 4.58. The minimum Gasteiger partial charge on any atom is -0.429 e. The van der Waals surface area contributed by atoms with Crippen molar-refractivity contribution in [2.24, 2.45) is 5.16 Å². The van der Waals surface area contributed by atoms with Gasteiger partial charge in [0.1, 0.15) is 12.2 Å². The van der Waals surface area contributed by atoms with Crippen molar-refractivity contribution in [2.45, 2.75) is 45.8 Å². The molecule has 1 aliphatic rings. The summed E-state index contributed by atoms with van der Waals surface area (Å²) in [7, 11) is 0. The van der Waals surface area contributed by atoms with Crippen LogP contribution in [0.2, 0.25) is 0 Å². The molecular formula is C10H17NO5. The van der Waals surface area contributed by atoms with Crippen LogP contribution in [-0.4, -0.2) is 29.7 Å². The monoisotopic (exact) mass is 231 g/mol. The summed E-state index contributed by atoms with van der Waals surface area (Å²) in [4.78, 5) is 25.4. The molecule has 1 heterocycles. The molecule has 0 aromatic rings. The third-order valence-electron chi connectivity index (χ3n) is 2.48. The normalized spacial score (nSPS) is 26.6. The number of carbonyl (C=O) groups is 1. The van der Waals surface area contributed by atoms with Crippen LogP contribution in [0.15, 0.2) is 5.16 Å². The Kier molecular flexibility index (Phi) is 3.54. The standard InChI is InChI=1S/C10H17NO5/c1-7(2)11-14-8(12)13-6-10(5)9(3,4)15-16-10/h6H2,1-5H3. The molecule has 1 rings (SSSR count). The first-order valence-corrected chi connectivity index (χ1v) is 4.99. The lowest BCUT2D eigenvalue weighted by atomic mass is 9.86. The average molecular weight is 231 g/mol. The molecule has 6 heteroatoms. The van der Waals surface area contributed by atoms with E-state index < -0.39 is 17.4 Å². The summed E-state index contributed by atoms with van der Waals surface area (Å²) in [5.74, 6) is 0. The number of ether oxygens (including phenoxy) is 1. The minimum atomic E-state index is -0.853. The average Bonchev–Trinajstić information content (AvgIpc) is 2.21. The lowest BCUT2D eigenvalue weighted by Crippen LogP contribution is -2.64. The molecular weight excluding hydrogens is 214 g/mol. The highest BCUT2D eigenvalue weighted by atomic mass is 17.3. The summed E-state index contributed by atoms with van der Waals surface area (Å²) in [6.45, 7) is 8.95. The maximum atomic E-state index is 11.1. The zero-order chi connectivity index (χ0) is 12.4. The molecule has 1 fully saturated rings. The summed E-state index contributed by atoms with van der Waals surface area (Å²) in [5, 5.41) is 3.48. The fraction of sp³-hybridized carbons (Fsp3) is 0.800. The zero-order valence-electron chi connectivity index (χ0n) is 10.2. The highest BCUT2D eigenvalue weighted by Crippen LogP contribution is 2.39. The molecule has 0 aromatic carbocycles. The molecule has 0 N–H and O–H groups in total. The van der Waals surface area contributed by atoms with E-state index in [1.165, 1.54) is 0 Å². The second kappa shape index (κ2) is 4.39. The van der Waals surface area contributed by atoms with Gasteiger partial charge in [-0.1, -0.05) is 5.16 Å². The Balaban J connectivity index is 2.35. The highest BCUT2D eigenvalue weighted by Gasteiger charge is 2.55. The smallest absolute Gasteiger partial charge is 0.429 e. The topological polar surface area (TPSA) is 66.4 Å². The fourth-order valence-electron chi connectivity index (χ4n) is 0.900. The number of hydrogen-bond donors (Lipinski definition) is 0. The predicted molar refractivity (Wildman–Crippen MR) is 55.9 cm³/mol. The molecule has 0 saturated carbocycles. The van der Waals surface area contributed by atoms with Crippen molar-refractivity contribution >= 4 is 11.9 Å². The van der Waals surface area contributed by atoms with Gasteiger partial charge in [0.15, 0.2) is 5.60 Å². The van der Waals surface area contributed by atoms with Crippen LogP contribution in [0, 0.1) is 0 Å². The van der Waals surface area contributed by atoms with Crippen LogP contribution in [0.4, 0.5) is 4.79 Å². The van der Waals surface area contributed by atoms with Crippen LogP contribution in [0.3, 0.4) is 0 Å². The van der Waals surface area contributed by atoms with Crippen molar-refractivity contribution in [3.05, 3.63) is 0 Å². The first kappa shape index (κ1) is 12.9. The summed E-state index contributed by atoms with van der Waals surface area (Å²) in [5.41, 5.74) is -0.513. The maximum absolute atomic E-state index is 11.1. The van der Waals surface area contributed by atoms with E-state index in [0.29, 0.717) is 5.71 Å². The Morgan fingerprint density at radius 3 is 2.25 bits per heavy atom. The van der Waals surface area contributed by atoms with Crippen LogP contribution in [-0.2, 0) is 19.3 Å². The van der Waals surface area contributed by atoms with Crippen LogP contribution in [0.5, 0.6) is 0 Å². The molecule has 1 unspecified atom stereocenters. The van der Waals surface area contributed by atoms with Crippen LogP contribution < -0.4 is 0 Å². The first-order chi connectivity index (χ1) is 7.27. The molecule has 0 amide bonds. The summed E-state index contributed by atoms with van der Waals surface area (Å²) in [6.07, 6.45) is -0.853. The number of carbonyl (C=O) groups excluding carboxylic acids is 1. The molecule has 92 valence electrons. The Morgan fingerprint density at radius 2 is 1.88 bits per heavy atom. The quantitative estimate of drug-likeness (QED) is 0.244. The fourth-order valence-corrected chi connectivity index (χ4v) is 0.900. The molecule has 0 bridgehead atoms. The van der Waals surface area contributed by atoms with Gasteiger partial charge in [0.05, 0.1) is 5.71 Å². The molecule has 1 aliphatic heterocycles. The van der Waals surface area contributed by atoms with Gasteiger partial charge in [-0.15, -0.1) is 0 Å². The van der Waals surface area contributed by atoms with E-state index in [2.05, 4.69) is 9.99 Å². The third kappa shape index (κ3) is 2.70. The van der Waals surface area contributed by atoms with E-state index in [1.54, 1.807) is 20.8 Å². The van der Waals surface area contributed by atoms with Crippen molar-refractivity contribution < 1.29 is 24.1 Å². The number of nitrogens with zero attached hydrogens (tertiary/aromatic N) is 1. The zero-order valence-corrected chi connectivity index (χ0v) is 10.2. The predicted octanol–water partition coefficient (Wildman–Crippen LogP) is 2.03. The Morgan fingerprint density at radius 1 is 1.25 bits per heavy atom. The van der Waals surface area contributed by atoms with Gasteiger partial charge in [0, 0.05) is 0 Å². The molecule has 0 aliphatic carbocycles. The van der Waals surface area contributed by atoms with Crippen molar-refractivity contribution in [1.29, 1.82) is 0 Å². The SMILES string of the molecule is CC(C)=NOC(=O)OCC1(C)OOC1(C)C. The van der Waals surface area contributed by atoms with E-state index in [9.17, 15) is 4.79 Å². The van der Waals surface area contributed by atoms with E-state index in [4.69, 9.17) is 14.5 Å². The molecule has 16 heavy (non-hydrogen) atoms. The molecule has 0 aromatic heterocycles. The minimum absolute atomic E-state index is 0.0527. The summed E-state index contributed by atoms with van der Waals surface area (Å²) >= 11 is 0. The second-order valence-corrected chi connectivity index (χ2v) is 4.58. The third-order valence-corrected chi connectivity index (χ3v) is 2.48. The van der Waals surface area contributed by atoms with Gasteiger partial charge in [0.25, 0.3) is 0 Å². The van der Waals surface area contributed by atoms with Gasteiger partial charge in [-0.25, -0.2) is 14.6 Å². The Hall–Kier alpha value is -1.14. The van der Waals surface area contributed by atoms with Crippen LogP contribution >= 0.6 is 0 Å². The van der Waals surface area contributed by atoms with E-state index in [1.807, 2.05) is 13.8 Å². The van der Waals surface area contributed by atoms with E-state index >= 15 is 0 Å². The summed E-state index contributed by atoms with van der Waals surface area (Å²) in [6, 6.07) is 0. The van der Waals surface area contributed by atoms with Gasteiger partial charge < -0.3 is 4.74 Å². The van der Waals surface area contributed by atoms with Crippen LogP contribution in [0.1, 0.15) is 34.6 Å². The van der Waals surface area contributed by atoms with Crippen molar-refractivity contribution in [2.75, 3.05) is 6.61 Å². The number of rotatable bonds is 3. The van der Waals surface area contributed by atoms with Crippen molar-refractivity contribution in [3.8, 4) is 0 Å². The Bertz CT molecular complexity index is 308. The highest BCUT2D eigenvalue weighted by molar-refractivity contribution is 5.79. The van der Waals surface area contributed by atoms with E-state index in [0.717, 1.165) is 0 Å². The van der Waals surface area contributed by atoms with Gasteiger partial charge in [0.2, 0.25) is 0 Å². The van der Waals surface area contributed by atoms with Gasteiger partial charge in [-0.3, -0.25) is 4.84 Å². The van der Waals surface area contributed by atoms with Gasteiger partial charge in [-0.2, -0.15) is 0 Å². The number of oxime groups is 1. The molecule has 6 nitrogen and oxygen atoms in total. The molecule has 1 saturated heterocycles. The van der Waals surface area contributed by atoms with Crippen molar-refractivity contribution in [3.63, 3.8) is 0 Å². The van der Waals surface area contributed by atoms with Gasteiger partial charge in [-0.05, 0) is 34.6 Å². The lowest BCUT2D eigenvalue weighted by molar-refractivity contribution is -0.543.